The van der Waals surface area contributed by atoms with Crippen molar-refractivity contribution in [3.8, 4) is 11.5 Å². The van der Waals surface area contributed by atoms with Gasteiger partial charge >= 0.3 is 5.97 Å². The maximum absolute atomic E-state index is 13.3. The molecule has 0 bridgehead atoms. The molecule has 2 heterocycles. The number of rotatable bonds is 7. The molecule has 4 rings (SSSR count). The first-order chi connectivity index (χ1) is 17.2. The van der Waals surface area contributed by atoms with Crippen molar-refractivity contribution in [1.29, 1.82) is 0 Å². The predicted octanol–water partition coefficient (Wildman–Crippen LogP) is 2.95. The Morgan fingerprint density at radius 3 is 2.11 bits per heavy atom. The minimum absolute atomic E-state index is 0.122. The number of sulfonamides is 1. The maximum Gasteiger partial charge on any atom is 0.360 e. The number of nitrogens with zero attached hydrogens (tertiary/aromatic N) is 4. The second-order valence-electron chi connectivity index (χ2n) is 8.45. The first-order valence-electron chi connectivity index (χ1n) is 11.6. The highest BCUT2D eigenvalue weighted by Crippen LogP contribution is 2.31. The standard InChI is InChI=1S/C25H30N4O6S/c1-6-35-25(30)23-24(27-20-14-17(3)16(2)13-19(20)26-23)28-9-11-29(12-10-28)36(31,32)18-7-8-21(33-4)22(15-18)34-5/h7-8,13-15H,6,9-12H2,1-5H3. The summed E-state index contributed by atoms with van der Waals surface area (Å²) in [5.41, 5.74) is 3.52. The number of esters is 1. The molecule has 3 aromatic rings. The van der Waals surface area contributed by atoms with Crippen LogP contribution in [-0.4, -0.2) is 75.7 Å². The number of aryl methyl sites for hydroxylation is 2. The number of fused-ring (bicyclic) bond motifs is 1. The molecule has 36 heavy (non-hydrogen) atoms. The summed E-state index contributed by atoms with van der Waals surface area (Å²) >= 11 is 0. The first kappa shape index (κ1) is 25.6. The van der Waals surface area contributed by atoms with Gasteiger partial charge in [-0.25, -0.2) is 23.2 Å². The average Bonchev–Trinajstić information content (AvgIpc) is 2.88. The van der Waals surface area contributed by atoms with Crippen molar-refractivity contribution in [2.75, 3.05) is 51.9 Å². The van der Waals surface area contributed by atoms with Crippen LogP contribution >= 0.6 is 0 Å². The lowest BCUT2D eigenvalue weighted by Crippen LogP contribution is -2.49. The molecule has 0 atom stereocenters. The van der Waals surface area contributed by atoms with Gasteiger partial charge < -0.3 is 19.1 Å². The topological polar surface area (TPSA) is 111 Å². The zero-order chi connectivity index (χ0) is 26.0. The number of hydrogen-bond acceptors (Lipinski definition) is 9. The lowest BCUT2D eigenvalue weighted by Gasteiger charge is -2.35. The van der Waals surface area contributed by atoms with Gasteiger partial charge in [-0.1, -0.05) is 0 Å². The molecular formula is C25H30N4O6S. The molecule has 0 unspecified atom stereocenters. The number of anilines is 1. The fourth-order valence-electron chi connectivity index (χ4n) is 4.13. The maximum atomic E-state index is 13.3. The first-order valence-corrected chi connectivity index (χ1v) is 13.1. The molecule has 11 heteroatoms. The number of hydrogen-bond donors (Lipinski definition) is 0. The van der Waals surface area contributed by atoms with E-state index in [1.165, 1.54) is 30.7 Å². The van der Waals surface area contributed by atoms with Crippen LogP contribution in [-0.2, 0) is 14.8 Å². The van der Waals surface area contributed by atoms with Gasteiger partial charge in [0.25, 0.3) is 0 Å². The van der Waals surface area contributed by atoms with Gasteiger partial charge in [-0.15, -0.1) is 0 Å². The highest BCUT2D eigenvalue weighted by Gasteiger charge is 2.32. The molecule has 1 aliphatic heterocycles. The molecule has 1 fully saturated rings. The zero-order valence-electron chi connectivity index (χ0n) is 21.1. The number of piperazine rings is 1. The fraction of sp³-hybridized carbons (Fsp3) is 0.400. The van der Waals surface area contributed by atoms with E-state index >= 15 is 0 Å². The van der Waals surface area contributed by atoms with Crippen LogP contribution in [0, 0.1) is 13.8 Å². The van der Waals surface area contributed by atoms with Gasteiger partial charge in [0.2, 0.25) is 10.0 Å². The smallest absolute Gasteiger partial charge is 0.360 e. The molecule has 0 saturated carbocycles. The van der Waals surface area contributed by atoms with Crippen LogP contribution in [0.15, 0.2) is 35.2 Å². The van der Waals surface area contributed by atoms with Crippen LogP contribution in [0.4, 0.5) is 5.82 Å². The second kappa shape index (κ2) is 10.3. The van der Waals surface area contributed by atoms with E-state index in [4.69, 9.17) is 19.2 Å². The molecule has 0 spiro atoms. The van der Waals surface area contributed by atoms with E-state index < -0.39 is 16.0 Å². The number of ether oxygens (including phenoxy) is 3. The van der Waals surface area contributed by atoms with Gasteiger partial charge in [0.1, 0.15) is 0 Å². The number of methoxy groups -OCH3 is 2. The molecule has 10 nitrogen and oxygen atoms in total. The molecule has 1 aliphatic rings. The van der Waals surface area contributed by atoms with Gasteiger partial charge in [-0.3, -0.25) is 0 Å². The monoisotopic (exact) mass is 514 g/mol. The quantitative estimate of drug-likeness (QED) is 0.439. The Morgan fingerprint density at radius 2 is 1.53 bits per heavy atom. The predicted molar refractivity (Wildman–Crippen MR) is 135 cm³/mol. The second-order valence-corrected chi connectivity index (χ2v) is 10.4. The van der Waals surface area contributed by atoms with Crippen molar-refractivity contribution >= 4 is 32.8 Å². The molecule has 1 aromatic heterocycles. The van der Waals surface area contributed by atoms with Crippen molar-refractivity contribution in [3.63, 3.8) is 0 Å². The summed E-state index contributed by atoms with van der Waals surface area (Å²) in [6.07, 6.45) is 0. The Balaban J connectivity index is 1.62. The lowest BCUT2D eigenvalue weighted by molar-refractivity contribution is 0.0520. The van der Waals surface area contributed by atoms with E-state index in [-0.39, 0.29) is 30.3 Å². The van der Waals surface area contributed by atoms with Gasteiger partial charge in [-0.05, 0) is 56.2 Å². The third kappa shape index (κ3) is 4.80. The van der Waals surface area contributed by atoms with Crippen LogP contribution < -0.4 is 14.4 Å². The van der Waals surface area contributed by atoms with Crippen molar-refractivity contribution < 1.29 is 27.4 Å². The summed E-state index contributed by atoms with van der Waals surface area (Å²) in [5, 5.41) is 0. The lowest BCUT2D eigenvalue weighted by atomic mass is 10.1. The van der Waals surface area contributed by atoms with Gasteiger partial charge in [-0.2, -0.15) is 4.31 Å². The minimum Gasteiger partial charge on any atom is -0.493 e. The highest BCUT2D eigenvalue weighted by atomic mass is 32.2. The summed E-state index contributed by atoms with van der Waals surface area (Å²) in [6, 6.07) is 8.37. The van der Waals surface area contributed by atoms with Crippen LogP contribution in [0.2, 0.25) is 0 Å². The molecule has 0 aliphatic carbocycles. The average molecular weight is 515 g/mol. The molecule has 192 valence electrons. The summed E-state index contributed by atoms with van der Waals surface area (Å²) < 4.78 is 43.8. The van der Waals surface area contributed by atoms with Crippen LogP contribution in [0.25, 0.3) is 11.0 Å². The minimum atomic E-state index is -3.76. The van der Waals surface area contributed by atoms with E-state index in [9.17, 15) is 13.2 Å². The summed E-state index contributed by atoms with van der Waals surface area (Å²) in [6.45, 7) is 7.02. The molecule has 0 N–H and O–H groups in total. The van der Waals surface area contributed by atoms with E-state index in [0.29, 0.717) is 41.4 Å². The van der Waals surface area contributed by atoms with E-state index in [0.717, 1.165) is 11.1 Å². The van der Waals surface area contributed by atoms with E-state index in [2.05, 4.69) is 4.98 Å². The Labute approximate surface area is 210 Å². The Hall–Kier alpha value is -3.44. The Bertz CT molecular complexity index is 1400. The third-order valence-electron chi connectivity index (χ3n) is 6.26. The summed E-state index contributed by atoms with van der Waals surface area (Å²) in [7, 11) is -0.808. The molecule has 1 saturated heterocycles. The summed E-state index contributed by atoms with van der Waals surface area (Å²) in [5.74, 6) is 0.634. The van der Waals surface area contributed by atoms with Crippen molar-refractivity contribution in [2.24, 2.45) is 0 Å². The number of carbonyl (C=O) groups excluding carboxylic acids is 1. The van der Waals surface area contributed by atoms with Crippen molar-refractivity contribution in [2.45, 2.75) is 25.7 Å². The van der Waals surface area contributed by atoms with Crippen molar-refractivity contribution in [1.82, 2.24) is 14.3 Å². The largest absolute Gasteiger partial charge is 0.493 e. The number of aromatic nitrogens is 2. The third-order valence-corrected chi connectivity index (χ3v) is 8.16. The van der Waals surface area contributed by atoms with Crippen LogP contribution in [0.5, 0.6) is 11.5 Å². The SMILES string of the molecule is CCOC(=O)c1nc2cc(C)c(C)cc2nc1N1CCN(S(=O)(=O)c2ccc(OC)c(OC)c2)CC1. The van der Waals surface area contributed by atoms with E-state index in [1.807, 2.05) is 30.9 Å². The Morgan fingerprint density at radius 1 is 0.917 bits per heavy atom. The van der Waals surface area contributed by atoms with Crippen LogP contribution in [0.3, 0.4) is 0 Å². The number of carbonyl (C=O) groups is 1. The van der Waals surface area contributed by atoms with Gasteiger partial charge in [0.05, 0.1) is 36.8 Å². The molecule has 2 aromatic carbocycles. The fourth-order valence-corrected chi connectivity index (χ4v) is 5.56. The van der Waals surface area contributed by atoms with Crippen LogP contribution in [0.1, 0.15) is 28.5 Å². The molecule has 0 amide bonds. The van der Waals surface area contributed by atoms with Crippen molar-refractivity contribution in [3.05, 3.63) is 47.2 Å². The highest BCUT2D eigenvalue weighted by molar-refractivity contribution is 7.89. The Kier molecular flexibility index (Phi) is 7.32. The molecular weight excluding hydrogens is 484 g/mol. The van der Waals surface area contributed by atoms with Gasteiger partial charge in [0.15, 0.2) is 23.0 Å². The summed E-state index contributed by atoms with van der Waals surface area (Å²) in [4.78, 5) is 24.1. The van der Waals surface area contributed by atoms with Gasteiger partial charge in [0, 0.05) is 32.2 Å². The zero-order valence-corrected chi connectivity index (χ0v) is 21.9. The number of benzene rings is 2. The molecule has 0 radical (unpaired) electrons. The van der Waals surface area contributed by atoms with E-state index in [1.54, 1.807) is 13.0 Å². The normalized spacial score (nSPS) is 14.6.